The van der Waals surface area contributed by atoms with Gasteiger partial charge in [-0.3, -0.25) is 10.6 Å². The molecule has 3 aliphatic rings. The first-order valence-corrected chi connectivity index (χ1v) is 10.6. The Morgan fingerprint density at radius 3 is 2.65 bits per heavy atom. The average molecular weight is 443 g/mol. The minimum Gasteiger partial charge on any atom is -0.472 e. The van der Waals surface area contributed by atoms with Crippen molar-refractivity contribution in [3.8, 4) is 0 Å². The van der Waals surface area contributed by atoms with Crippen molar-refractivity contribution < 1.29 is 23.0 Å². The second-order valence-corrected chi connectivity index (χ2v) is 9.00. The fourth-order valence-electron chi connectivity index (χ4n) is 3.46. The molecule has 1 saturated heterocycles. The van der Waals surface area contributed by atoms with Gasteiger partial charge in [0.2, 0.25) is 11.9 Å². The van der Waals surface area contributed by atoms with Gasteiger partial charge < -0.3 is 14.4 Å². The van der Waals surface area contributed by atoms with E-state index >= 15 is 0 Å². The highest BCUT2D eigenvalue weighted by atomic mass is 19.3. The minimum absolute atomic E-state index is 0.0498. The van der Waals surface area contributed by atoms with Gasteiger partial charge in [-0.1, -0.05) is 0 Å². The molecule has 9 nitrogen and oxygen atoms in total. The van der Waals surface area contributed by atoms with Crippen molar-refractivity contribution >= 4 is 18.3 Å². The Morgan fingerprint density at radius 2 is 2.03 bits per heavy atom. The summed E-state index contributed by atoms with van der Waals surface area (Å²) in [6.07, 6.45) is 2.88. The molecule has 3 N–H and O–H groups in total. The SMILES string of the molecule is C/C=N/NC1=NC(NC2CCC(F)(F)CC2)C=C(OC2CN(C(=O)OC(C)(C)C)C2)N1. The van der Waals surface area contributed by atoms with Gasteiger partial charge in [0.1, 0.15) is 17.9 Å². The summed E-state index contributed by atoms with van der Waals surface area (Å²) >= 11 is 0. The van der Waals surface area contributed by atoms with E-state index in [1.54, 1.807) is 24.1 Å². The molecule has 0 aromatic rings. The lowest BCUT2D eigenvalue weighted by Gasteiger charge is -2.40. The van der Waals surface area contributed by atoms with Crippen LogP contribution in [0.5, 0.6) is 0 Å². The van der Waals surface area contributed by atoms with Gasteiger partial charge in [-0.25, -0.2) is 24.0 Å². The Balaban J connectivity index is 1.55. The molecule has 1 unspecified atom stereocenters. The number of halogens is 2. The van der Waals surface area contributed by atoms with Gasteiger partial charge in [0.25, 0.3) is 0 Å². The number of alkyl halides is 2. The van der Waals surface area contributed by atoms with Crippen LogP contribution in [0.25, 0.3) is 0 Å². The number of hydrazone groups is 1. The van der Waals surface area contributed by atoms with Crippen LogP contribution in [0.3, 0.4) is 0 Å². The summed E-state index contributed by atoms with van der Waals surface area (Å²) in [6, 6.07) is -0.0498. The molecule has 31 heavy (non-hydrogen) atoms. The molecule has 3 rings (SSSR count). The molecule has 1 aliphatic carbocycles. The van der Waals surface area contributed by atoms with Crippen LogP contribution in [0, 0.1) is 0 Å². The van der Waals surface area contributed by atoms with Crippen LogP contribution in [0.4, 0.5) is 13.6 Å². The van der Waals surface area contributed by atoms with E-state index in [9.17, 15) is 13.6 Å². The maximum absolute atomic E-state index is 13.4. The van der Waals surface area contributed by atoms with Gasteiger partial charge in [-0.15, -0.1) is 0 Å². The van der Waals surface area contributed by atoms with Crippen LogP contribution in [-0.4, -0.2) is 66.1 Å². The summed E-state index contributed by atoms with van der Waals surface area (Å²) in [5, 5.41) is 10.3. The number of likely N-dealkylation sites (tertiary alicyclic amines) is 1. The zero-order valence-corrected chi connectivity index (χ0v) is 18.5. The lowest BCUT2D eigenvalue weighted by molar-refractivity contribution is -0.0450. The predicted molar refractivity (Wildman–Crippen MR) is 113 cm³/mol. The van der Waals surface area contributed by atoms with Crippen LogP contribution in [0.2, 0.25) is 0 Å². The summed E-state index contributed by atoms with van der Waals surface area (Å²) in [6.45, 7) is 8.06. The van der Waals surface area contributed by atoms with E-state index in [0.29, 0.717) is 37.8 Å². The Hall–Kier alpha value is -2.43. The summed E-state index contributed by atoms with van der Waals surface area (Å²) in [4.78, 5) is 18.1. The van der Waals surface area contributed by atoms with E-state index in [4.69, 9.17) is 9.47 Å². The summed E-state index contributed by atoms with van der Waals surface area (Å²) in [5.41, 5.74) is 2.24. The third kappa shape index (κ3) is 7.05. The van der Waals surface area contributed by atoms with E-state index in [0.717, 1.165) is 0 Å². The smallest absolute Gasteiger partial charge is 0.410 e. The van der Waals surface area contributed by atoms with Gasteiger partial charge >= 0.3 is 6.09 Å². The van der Waals surface area contributed by atoms with E-state index in [-0.39, 0.29) is 31.1 Å². The number of ether oxygens (including phenoxy) is 2. The predicted octanol–water partition coefficient (Wildman–Crippen LogP) is 2.51. The number of amides is 1. The van der Waals surface area contributed by atoms with Gasteiger partial charge in [0, 0.05) is 31.2 Å². The number of rotatable bonds is 5. The van der Waals surface area contributed by atoms with Gasteiger partial charge in [-0.2, -0.15) is 5.10 Å². The van der Waals surface area contributed by atoms with Crippen molar-refractivity contribution in [3.05, 3.63) is 12.0 Å². The number of guanidine groups is 1. The maximum Gasteiger partial charge on any atom is 0.410 e. The molecular weight excluding hydrogens is 410 g/mol. The fourth-order valence-corrected chi connectivity index (χ4v) is 3.46. The number of aliphatic imine (C=N–C) groups is 1. The first-order chi connectivity index (χ1) is 14.5. The van der Waals surface area contributed by atoms with Crippen molar-refractivity contribution in [2.24, 2.45) is 10.1 Å². The minimum atomic E-state index is -2.58. The highest BCUT2D eigenvalue weighted by Gasteiger charge is 2.37. The Kier molecular flexibility index (Phi) is 7.03. The van der Waals surface area contributed by atoms with Crippen molar-refractivity contribution in [1.29, 1.82) is 0 Å². The third-order valence-corrected chi connectivity index (χ3v) is 5.04. The first-order valence-electron chi connectivity index (χ1n) is 10.6. The van der Waals surface area contributed by atoms with E-state index in [1.165, 1.54) is 0 Å². The van der Waals surface area contributed by atoms with E-state index in [1.807, 2.05) is 20.8 Å². The highest BCUT2D eigenvalue weighted by molar-refractivity contribution is 5.82. The number of nitrogens with zero attached hydrogens (tertiary/aromatic N) is 3. The standard InChI is InChI=1S/C20H32F2N6O3/c1-5-23-27-17-25-15(24-13-6-8-20(21,22)9-7-13)10-16(26-17)30-14-11-28(12-14)18(29)31-19(2,3)4/h5,10,13-15,24H,6-9,11-12H2,1-4H3,(H2,25,26,27)/b23-5+. The highest BCUT2D eigenvalue weighted by Crippen LogP contribution is 2.33. The van der Waals surface area contributed by atoms with Gasteiger partial charge in [-0.05, 0) is 40.5 Å². The van der Waals surface area contributed by atoms with Gasteiger partial charge in [0.05, 0.1) is 13.1 Å². The molecule has 0 bridgehead atoms. The summed E-state index contributed by atoms with van der Waals surface area (Å²) in [7, 11) is 0. The Morgan fingerprint density at radius 1 is 1.35 bits per heavy atom. The zero-order chi connectivity index (χ0) is 22.6. The second-order valence-electron chi connectivity index (χ2n) is 9.00. The first kappa shape index (κ1) is 23.2. The molecule has 174 valence electrons. The number of nitrogens with one attached hydrogen (secondary N) is 3. The normalized spacial score (nSPS) is 24.7. The second kappa shape index (κ2) is 9.37. The molecule has 2 heterocycles. The monoisotopic (exact) mass is 442 g/mol. The molecular formula is C20H32F2N6O3. The van der Waals surface area contributed by atoms with Crippen LogP contribution in [-0.2, 0) is 9.47 Å². The third-order valence-electron chi connectivity index (χ3n) is 5.04. The number of carbonyl (C=O) groups is 1. The zero-order valence-electron chi connectivity index (χ0n) is 18.5. The molecule has 2 fully saturated rings. The summed E-state index contributed by atoms with van der Waals surface area (Å²) < 4.78 is 38.2. The Bertz CT molecular complexity index is 734. The van der Waals surface area contributed by atoms with Crippen LogP contribution in [0.1, 0.15) is 53.4 Å². The molecule has 0 aromatic heterocycles. The van der Waals surface area contributed by atoms with Crippen LogP contribution in [0.15, 0.2) is 22.1 Å². The lowest BCUT2D eigenvalue weighted by atomic mass is 9.92. The van der Waals surface area contributed by atoms with Crippen molar-refractivity contribution in [2.75, 3.05) is 13.1 Å². The molecule has 0 aromatic carbocycles. The maximum atomic E-state index is 13.4. The van der Waals surface area contributed by atoms with Crippen molar-refractivity contribution in [3.63, 3.8) is 0 Å². The molecule has 1 saturated carbocycles. The molecule has 2 aliphatic heterocycles. The molecule has 0 radical (unpaired) electrons. The van der Waals surface area contributed by atoms with Crippen molar-refractivity contribution in [1.82, 2.24) is 21.0 Å². The van der Waals surface area contributed by atoms with E-state index in [2.05, 4.69) is 26.2 Å². The quantitative estimate of drug-likeness (QED) is 0.447. The Labute approximate surface area is 181 Å². The molecule has 11 heteroatoms. The van der Waals surface area contributed by atoms with Gasteiger partial charge in [0.15, 0.2) is 5.88 Å². The number of carbonyl (C=O) groups excluding carboxylic acids is 1. The van der Waals surface area contributed by atoms with Crippen LogP contribution < -0.4 is 16.1 Å². The number of hydrogen-bond acceptors (Lipinski definition) is 8. The van der Waals surface area contributed by atoms with E-state index < -0.39 is 17.7 Å². The molecule has 1 atom stereocenters. The number of hydrogen-bond donors (Lipinski definition) is 3. The largest absolute Gasteiger partial charge is 0.472 e. The fraction of sp³-hybridized carbons (Fsp3) is 0.750. The van der Waals surface area contributed by atoms with Crippen molar-refractivity contribution in [2.45, 2.75) is 83.2 Å². The molecule has 0 spiro atoms. The summed E-state index contributed by atoms with van der Waals surface area (Å²) in [5.74, 6) is -1.72. The lowest BCUT2D eigenvalue weighted by Crippen LogP contribution is -2.56. The average Bonchev–Trinajstić information content (AvgIpc) is 2.63. The topological polar surface area (TPSA) is 99.6 Å². The van der Waals surface area contributed by atoms with Crippen LogP contribution >= 0.6 is 0 Å². The molecule has 1 amide bonds.